The minimum Gasteiger partial charge on any atom is -0.345 e. The van der Waals surface area contributed by atoms with Crippen LogP contribution in [0.1, 0.15) is 46.4 Å². The highest BCUT2D eigenvalue weighted by Gasteiger charge is 2.17. The summed E-state index contributed by atoms with van der Waals surface area (Å²) < 4.78 is 27.8. The van der Waals surface area contributed by atoms with Crippen LogP contribution in [0.5, 0.6) is 0 Å². The summed E-state index contributed by atoms with van der Waals surface area (Å²) in [6.45, 7) is 5.93. The molecule has 30 heavy (non-hydrogen) atoms. The van der Waals surface area contributed by atoms with E-state index in [4.69, 9.17) is 0 Å². The second kappa shape index (κ2) is 9.13. The van der Waals surface area contributed by atoms with Crippen LogP contribution in [0.3, 0.4) is 0 Å². The van der Waals surface area contributed by atoms with E-state index in [1.54, 1.807) is 48.5 Å². The van der Waals surface area contributed by atoms with Crippen LogP contribution in [0.15, 0.2) is 77.7 Å². The Bertz CT molecular complexity index is 1120. The van der Waals surface area contributed by atoms with Crippen LogP contribution in [0, 0.1) is 13.8 Å². The molecule has 156 valence electrons. The number of anilines is 1. The van der Waals surface area contributed by atoms with Gasteiger partial charge in [0.25, 0.3) is 15.9 Å². The summed E-state index contributed by atoms with van der Waals surface area (Å²) >= 11 is 0. The van der Waals surface area contributed by atoms with Crippen molar-refractivity contribution < 1.29 is 13.2 Å². The highest BCUT2D eigenvalue weighted by molar-refractivity contribution is 7.92. The Morgan fingerprint density at radius 3 is 2.10 bits per heavy atom. The van der Waals surface area contributed by atoms with Crippen LogP contribution < -0.4 is 10.0 Å². The van der Waals surface area contributed by atoms with Crippen molar-refractivity contribution in [3.63, 3.8) is 0 Å². The minimum atomic E-state index is -3.73. The molecule has 3 aromatic rings. The number of sulfonamides is 1. The van der Waals surface area contributed by atoms with Crippen molar-refractivity contribution in [1.82, 2.24) is 5.32 Å². The molecule has 3 rings (SSSR count). The molecule has 0 aliphatic carbocycles. The molecule has 0 aromatic heterocycles. The average molecular weight is 423 g/mol. The molecule has 0 saturated carbocycles. The van der Waals surface area contributed by atoms with Gasteiger partial charge >= 0.3 is 0 Å². The molecule has 3 aromatic carbocycles. The predicted octanol–water partition coefficient (Wildman–Crippen LogP) is 4.99. The lowest BCUT2D eigenvalue weighted by Crippen LogP contribution is -2.28. The van der Waals surface area contributed by atoms with Crippen molar-refractivity contribution in [3.05, 3.63) is 95.1 Å². The molecule has 0 spiro atoms. The van der Waals surface area contributed by atoms with Crippen LogP contribution in [0.4, 0.5) is 5.69 Å². The van der Waals surface area contributed by atoms with Gasteiger partial charge in [-0.1, -0.05) is 60.5 Å². The molecule has 2 N–H and O–H groups in total. The quantitative estimate of drug-likeness (QED) is 0.563. The predicted molar refractivity (Wildman–Crippen MR) is 120 cm³/mol. The first-order chi connectivity index (χ1) is 14.3. The van der Waals surface area contributed by atoms with E-state index in [2.05, 4.69) is 10.0 Å². The normalized spacial score (nSPS) is 12.2. The van der Waals surface area contributed by atoms with Crippen LogP contribution in [-0.2, 0) is 10.0 Å². The number of rotatable bonds is 7. The Hall–Kier alpha value is -3.12. The number of aryl methyl sites for hydroxylation is 2. The molecule has 0 fully saturated rings. The van der Waals surface area contributed by atoms with Gasteiger partial charge in [0.1, 0.15) is 0 Å². The summed E-state index contributed by atoms with van der Waals surface area (Å²) in [7, 11) is -3.73. The maximum absolute atomic E-state index is 12.8. The second-order valence-electron chi connectivity index (χ2n) is 7.34. The Labute approximate surface area is 178 Å². The molecular formula is C24H26N2O3S. The second-order valence-corrected chi connectivity index (χ2v) is 9.03. The van der Waals surface area contributed by atoms with E-state index < -0.39 is 10.0 Å². The molecule has 0 bridgehead atoms. The van der Waals surface area contributed by atoms with Crippen molar-refractivity contribution >= 4 is 21.6 Å². The van der Waals surface area contributed by atoms with Crippen molar-refractivity contribution in [2.75, 3.05) is 4.72 Å². The maximum atomic E-state index is 12.8. The summed E-state index contributed by atoms with van der Waals surface area (Å²) in [5.41, 5.74) is 3.91. The fourth-order valence-corrected chi connectivity index (χ4v) is 4.17. The number of nitrogens with one attached hydrogen (secondary N) is 2. The summed E-state index contributed by atoms with van der Waals surface area (Å²) in [6.07, 6.45) is 0.745. The van der Waals surface area contributed by atoms with Gasteiger partial charge in [-0.15, -0.1) is 0 Å². The molecule has 0 aliphatic rings. The highest BCUT2D eigenvalue weighted by Crippen LogP contribution is 2.20. The molecule has 0 saturated heterocycles. The SMILES string of the molecule is CC[C@@H](NC(=O)c1cccc(NS(=O)(=O)c2ccc(C)cc2)c1)c1ccc(C)cc1. The first-order valence-electron chi connectivity index (χ1n) is 9.85. The van der Waals surface area contributed by atoms with Crippen LogP contribution in [0.25, 0.3) is 0 Å². The number of carbonyl (C=O) groups is 1. The Kier molecular flexibility index (Phi) is 6.57. The van der Waals surface area contributed by atoms with Crippen LogP contribution in [0.2, 0.25) is 0 Å². The van der Waals surface area contributed by atoms with Crippen molar-refractivity contribution in [2.45, 2.75) is 38.1 Å². The zero-order chi connectivity index (χ0) is 21.7. The third-order valence-corrected chi connectivity index (χ3v) is 6.30. The lowest BCUT2D eigenvalue weighted by Gasteiger charge is -2.18. The topological polar surface area (TPSA) is 75.3 Å². The van der Waals surface area contributed by atoms with Gasteiger partial charge in [0.05, 0.1) is 10.9 Å². The summed E-state index contributed by atoms with van der Waals surface area (Å²) in [5.74, 6) is -0.251. The standard InChI is InChI=1S/C24H26N2O3S/c1-4-23(19-12-8-17(2)9-13-19)25-24(27)20-6-5-7-21(16-20)26-30(28,29)22-14-10-18(3)11-15-22/h5-16,23,26H,4H2,1-3H3,(H,25,27)/t23-/m1/s1. The van der Waals surface area contributed by atoms with Gasteiger partial charge in [-0.05, 0) is 56.2 Å². The minimum absolute atomic E-state index is 0.119. The van der Waals surface area contributed by atoms with Gasteiger partial charge in [0.2, 0.25) is 0 Å². The van der Waals surface area contributed by atoms with Gasteiger partial charge in [0.15, 0.2) is 0 Å². The number of benzene rings is 3. The van der Waals surface area contributed by atoms with Crippen molar-refractivity contribution in [1.29, 1.82) is 0 Å². The van der Waals surface area contributed by atoms with Crippen molar-refractivity contribution in [2.24, 2.45) is 0 Å². The molecule has 0 aliphatic heterocycles. The number of carbonyl (C=O) groups excluding carboxylic acids is 1. The van der Waals surface area contributed by atoms with Gasteiger partial charge in [-0.2, -0.15) is 0 Å². The Balaban J connectivity index is 1.76. The number of hydrogen-bond acceptors (Lipinski definition) is 3. The summed E-state index contributed by atoms with van der Waals surface area (Å²) in [6, 6.07) is 21.0. The fraction of sp³-hybridized carbons (Fsp3) is 0.208. The molecule has 1 amide bonds. The zero-order valence-corrected chi connectivity index (χ0v) is 18.2. The summed E-state index contributed by atoms with van der Waals surface area (Å²) in [5, 5.41) is 3.03. The van der Waals surface area contributed by atoms with Gasteiger partial charge in [-0.25, -0.2) is 8.42 Å². The average Bonchev–Trinajstić information content (AvgIpc) is 2.73. The van der Waals surface area contributed by atoms with E-state index in [1.807, 2.05) is 45.0 Å². The van der Waals surface area contributed by atoms with Crippen molar-refractivity contribution in [3.8, 4) is 0 Å². The van der Waals surface area contributed by atoms with E-state index in [-0.39, 0.29) is 16.8 Å². The van der Waals surface area contributed by atoms with E-state index in [0.717, 1.165) is 23.1 Å². The third kappa shape index (κ3) is 5.27. The number of hydrogen-bond donors (Lipinski definition) is 2. The van der Waals surface area contributed by atoms with Crippen LogP contribution >= 0.6 is 0 Å². The lowest BCUT2D eigenvalue weighted by molar-refractivity contribution is 0.0935. The molecule has 6 heteroatoms. The van der Waals surface area contributed by atoms with Crippen LogP contribution in [-0.4, -0.2) is 14.3 Å². The Morgan fingerprint density at radius 2 is 1.50 bits per heavy atom. The Morgan fingerprint density at radius 1 is 0.900 bits per heavy atom. The highest BCUT2D eigenvalue weighted by atomic mass is 32.2. The van der Waals surface area contributed by atoms with E-state index in [9.17, 15) is 13.2 Å². The monoisotopic (exact) mass is 422 g/mol. The first-order valence-corrected chi connectivity index (χ1v) is 11.3. The van der Waals surface area contributed by atoms with Gasteiger partial charge < -0.3 is 5.32 Å². The van der Waals surface area contributed by atoms with E-state index in [1.165, 1.54) is 0 Å². The largest absolute Gasteiger partial charge is 0.345 e. The summed E-state index contributed by atoms with van der Waals surface area (Å²) in [4.78, 5) is 13.0. The molecule has 5 nitrogen and oxygen atoms in total. The van der Waals surface area contributed by atoms with Gasteiger partial charge in [0, 0.05) is 11.3 Å². The number of amides is 1. The van der Waals surface area contributed by atoms with Gasteiger partial charge in [-0.3, -0.25) is 9.52 Å². The first kappa shape index (κ1) is 21.6. The van der Waals surface area contributed by atoms with E-state index in [0.29, 0.717) is 11.3 Å². The zero-order valence-electron chi connectivity index (χ0n) is 17.3. The maximum Gasteiger partial charge on any atom is 0.261 e. The fourth-order valence-electron chi connectivity index (χ4n) is 3.12. The third-order valence-electron chi connectivity index (χ3n) is 4.90. The molecule has 0 heterocycles. The smallest absolute Gasteiger partial charge is 0.261 e. The molecular weight excluding hydrogens is 396 g/mol. The lowest BCUT2D eigenvalue weighted by atomic mass is 10.0. The molecule has 1 atom stereocenters. The molecule has 0 unspecified atom stereocenters. The molecule has 0 radical (unpaired) electrons. The van der Waals surface area contributed by atoms with E-state index >= 15 is 0 Å².